The summed E-state index contributed by atoms with van der Waals surface area (Å²) in [6.45, 7) is 3.73. The minimum atomic E-state index is -0.429. The molecule has 3 rings (SSSR count). The largest absolute Gasteiger partial charge is 0.381 e. The Bertz CT molecular complexity index is 690. The number of aromatic nitrogens is 2. The molecule has 1 aliphatic heterocycles. The number of hydrogen-bond acceptors (Lipinski definition) is 2. The van der Waals surface area contributed by atoms with E-state index >= 15 is 0 Å². The maximum Gasteiger partial charge on any atom is 0.178 e. The number of fused-ring (bicyclic) bond motifs is 1. The molecule has 1 N–H and O–H groups in total. The number of benzene rings is 1. The second-order valence-corrected chi connectivity index (χ2v) is 6.07. The Morgan fingerprint density at radius 3 is 2.85 bits per heavy atom. The summed E-state index contributed by atoms with van der Waals surface area (Å²) in [5.74, 6) is 0.0829. The molecule has 1 fully saturated rings. The molecule has 108 valence electrons. The molecule has 1 atom stereocenters. The van der Waals surface area contributed by atoms with E-state index in [4.69, 9.17) is 28.6 Å². The molecule has 0 radical (unpaired) electrons. The van der Waals surface area contributed by atoms with Crippen LogP contribution in [0.4, 0.5) is 4.39 Å². The summed E-state index contributed by atoms with van der Waals surface area (Å²) < 4.78 is 21.6. The van der Waals surface area contributed by atoms with Gasteiger partial charge in [0.05, 0.1) is 16.1 Å². The van der Waals surface area contributed by atoms with Gasteiger partial charge in [-0.1, -0.05) is 11.6 Å². The predicted molar refractivity (Wildman–Crippen MR) is 80.3 cm³/mol. The van der Waals surface area contributed by atoms with Crippen LogP contribution < -0.4 is 0 Å². The molecule has 6 heteroatoms. The van der Waals surface area contributed by atoms with E-state index in [2.05, 4.69) is 11.9 Å². The molecule has 0 saturated carbocycles. The summed E-state index contributed by atoms with van der Waals surface area (Å²) in [6.07, 6.45) is 2.04. The van der Waals surface area contributed by atoms with Crippen LogP contribution in [0, 0.1) is 16.5 Å². The van der Waals surface area contributed by atoms with Crippen LogP contribution in [0.3, 0.4) is 0 Å². The lowest BCUT2D eigenvalue weighted by atomic mass is 9.92. The second-order valence-electron chi connectivity index (χ2n) is 5.27. The fourth-order valence-electron chi connectivity index (χ4n) is 2.93. The molecule has 20 heavy (non-hydrogen) atoms. The fraction of sp³-hybridized carbons (Fsp3) is 0.500. The minimum Gasteiger partial charge on any atom is -0.381 e. The van der Waals surface area contributed by atoms with Crippen molar-refractivity contribution in [2.75, 3.05) is 13.2 Å². The summed E-state index contributed by atoms with van der Waals surface area (Å²) in [5, 5.41) is 0.124. The van der Waals surface area contributed by atoms with Gasteiger partial charge in [-0.3, -0.25) is 0 Å². The Hall–Kier alpha value is -0.910. The molecule has 0 spiro atoms. The standard InChI is InChI=1S/C14H16ClFN2OS/c1-8(9-2-4-19-5-3-9)18-13-6-10(15)11(16)7-12(13)17-14(18)20/h6-9H,2-5H2,1H3,(H,17,20). The number of imidazole rings is 1. The monoisotopic (exact) mass is 314 g/mol. The van der Waals surface area contributed by atoms with Crippen molar-refractivity contribution in [2.45, 2.75) is 25.8 Å². The number of nitrogens with one attached hydrogen (secondary N) is 1. The molecule has 2 heterocycles. The summed E-state index contributed by atoms with van der Waals surface area (Å²) in [6, 6.07) is 3.29. The van der Waals surface area contributed by atoms with Crippen LogP contribution in [0.25, 0.3) is 11.0 Å². The second kappa shape index (κ2) is 5.47. The van der Waals surface area contributed by atoms with Gasteiger partial charge in [0.1, 0.15) is 5.82 Å². The Kier molecular flexibility index (Phi) is 3.84. The van der Waals surface area contributed by atoms with Gasteiger partial charge in [-0.25, -0.2) is 4.39 Å². The first-order valence-corrected chi connectivity index (χ1v) is 7.53. The van der Waals surface area contributed by atoms with Gasteiger partial charge in [-0.2, -0.15) is 0 Å². The van der Waals surface area contributed by atoms with Crippen molar-refractivity contribution < 1.29 is 9.13 Å². The van der Waals surface area contributed by atoms with Gasteiger partial charge in [-0.15, -0.1) is 0 Å². The molecule has 1 aromatic carbocycles. The molecule has 0 bridgehead atoms. The van der Waals surface area contributed by atoms with Crippen LogP contribution in [0.1, 0.15) is 25.8 Å². The van der Waals surface area contributed by atoms with Crippen LogP contribution in [0.15, 0.2) is 12.1 Å². The third-order valence-corrected chi connectivity index (χ3v) is 4.70. The molecule has 1 unspecified atom stereocenters. The maximum absolute atomic E-state index is 13.5. The molecule has 2 aromatic rings. The normalized spacial score (nSPS) is 18.6. The minimum absolute atomic E-state index is 0.124. The Morgan fingerprint density at radius 1 is 1.45 bits per heavy atom. The molecular formula is C14H16ClFN2OS. The summed E-state index contributed by atoms with van der Waals surface area (Å²) in [4.78, 5) is 3.06. The first-order chi connectivity index (χ1) is 9.58. The van der Waals surface area contributed by atoms with E-state index in [9.17, 15) is 4.39 Å². The number of H-pyrrole nitrogens is 1. The average molecular weight is 315 g/mol. The topological polar surface area (TPSA) is 29.9 Å². The van der Waals surface area contributed by atoms with Crippen LogP contribution in [-0.2, 0) is 4.74 Å². The summed E-state index contributed by atoms with van der Waals surface area (Å²) in [7, 11) is 0. The lowest BCUT2D eigenvalue weighted by molar-refractivity contribution is 0.0517. The summed E-state index contributed by atoms with van der Waals surface area (Å²) >= 11 is 11.3. The van der Waals surface area contributed by atoms with Crippen molar-refractivity contribution >= 4 is 34.9 Å². The average Bonchev–Trinajstić information content (AvgIpc) is 2.75. The lowest BCUT2D eigenvalue weighted by Crippen LogP contribution is -2.24. The SMILES string of the molecule is CC(C1CCOCC1)n1c(=S)[nH]c2cc(F)c(Cl)cc21. The van der Waals surface area contributed by atoms with Crippen molar-refractivity contribution in [1.29, 1.82) is 0 Å². The van der Waals surface area contributed by atoms with Crippen LogP contribution in [0.2, 0.25) is 5.02 Å². The highest BCUT2D eigenvalue weighted by molar-refractivity contribution is 7.71. The third kappa shape index (κ3) is 2.38. The highest BCUT2D eigenvalue weighted by Crippen LogP contribution is 2.32. The molecule has 0 amide bonds. The Morgan fingerprint density at radius 2 is 2.15 bits per heavy atom. The molecule has 0 aliphatic carbocycles. The van der Waals surface area contributed by atoms with Gasteiger partial charge >= 0.3 is 0 Å². The first-order valence-electron chi connectivity index (χ1n) is 6.75. The van der Waals surface area contributed by atoms with E-state index in [1.807, 2.05) is 4.57 Å². The van der Waals surface area contributed by atoms with E-state index in [-0.39, 0.29) is 11.1 Å². The highest BCUT2D eigenvalue weighted by atomic mass is 35.5. The predicted octanol–water partition coefficient (Wildman–Crippen LogP) is 4.48. The summed E-state index contributed by atoms with van der Waals surface area (Å²) in [5.41, 5.74) is 1.55. The van der Waals surface area contributed by atoms with Gasteiger partial charge in [0.25, 0.3) is 0 Å². The van der Waals surface area contributed by atoms with Crippen molar-refractivity contribution in [3.05, 3.63) is 27.7 Å². The van der Waals surface area contributed by atoms with Crippen molar-refractivity contribution in [1.82, 2.24) is 9.55 Å². The van der Waals surface area contributed by atoms with Crippen molar-refractivity contribution in [3.8, 4) is 0 Å². The van der Waals surface area contributed by atoms with E-state index < -0.39 is 5.82 Å². The Balaban J connectivity index is 2.08. The maximum atomic E-state index is 13.5. The Labute approximate surface area is 126 Å². The number of halogens is 2. The zero-order valence-corrected chi connectivity index (χ0v) is 12.7. The molecule has 3 nitrogen and oxygen atoms in total. The van der Waals surface area contributed by atoms with Gasteiger partial charge in [0.15, 0.2) is 4.77 Å². The molecular weight excluding hydrogens is 299 g/mol. The first kappa shape index (κ1) is 14.0. The highest BCUT2D eigenvalue weighted by Gasteiger charge is 2.24. The van der Waals surface area contributed by atoms with E-state index in [0.29, 0.717) is 16.2 Å². The number of aromatic amines is 1. The van der Waals surface area contributed by atoms with Gasteiger partial charge in [0, 0.05) is 25.3 Å². The molecule has 1 saturated heterocycles. The van der Waals surface area contributed by atoms with Crippen LogP contribution >= 0.6 is 23.8 Å². The van der Waals surface area contributed by atoms with E-state index in [1.165, 1.54) is 6.07 Å². The molecule has 1 aliphatic rings. The van der Waals surface area contributed by atoms with E-state index in [1.54, 1.807) is 6.07 Å². The number of rotatable bonds is 2. The van der Waals surface area contributed by atoms with Crippen molar-refractivity contribution in [2.24, 2.45) is 5.92 Å². The van der Waals surface area contributed by atoms with Gasteiger partial charge < -0.3 is 14.3 Å². The quantitative estimate of drug-likeness (QED) is 0.828. The zero-order valence-electron chi connectivity index (χ0n) is 11.2. The van der Waals surface area contributed by atoms with Gasteiger partial charge in [0.2, 0.25) is 0 Å². The number of hydrogen-bond donors (Lipinski definition) is 1. The zero-order chi connectivity index (χ0) is 14.3. The van der Waals surface area contributed by atoms with Crippen LogP contribution in [0.5, 0.6) is 0 Å². The third-order valence-electron chi connectivity index (χ3n) is 4.11. The van der Waals surface area contributed by atoms with E-state index in [0.717, 1.165) is 31.6 Å². The van der Waals surface area contributed by atoms with Crippen molar-refractivity contribution in [3.63, 3.8) is 0 Å². The smallest absolute Gasteiger partial charge is 0.178 e. The number of ether oxygens (including phenoxy) is 1. The lowest BCUT2D eigenvalue weighted by Gasteiger charge is -2.29. The molecule has 1 aromatic heterocycles. The van der Waals surface area contributed by atoms with Crippen LogP contribution in [-0.4, -0.2) is 22.8 Å². The number of nitrogens with zero attached hydrogens (tertiary/aromatic N) is 1. The fourth-order valence-corrected chi connectivity index (χ4v) is 3.47. The van der Waals surface area contributed by atoms with Gasteiger partial charge in [-0.05, 0) is 44.0 Å².